The zero-order valence-electron chi connectivity index (χ0n) is 19.4. The summed E-state index contributed by atoms with van der Waals surface area (Å²) < 4.78 is 43.7. The van der Waals surface area contributed by atoms with Gasteiger partial charge < -0.3 is 24.4 Å². The molecule has 9 nitrogen and oxygen atoms in total. The Labute approximate surface area is 210 Å². The van der Waals surface area contributed by atoms with Crippen molar-refractivity contribution in [2.24, 2.45) is 0 Å². The maximum atomic E-state index is 13.2. The third kappa shape index (κ3) is 6.14. The van der Waals surface area contributed by atoms with Gasteiger partial charge >= 0.3 is 0 Å². The van der Waals surface area contributed by atoms with Gasteiger partial charge in [-0.15, -0.1) is 0 Å². The Balaban J connectivity index is 1.53. The number of carbonyl (C=O) groups is 1. The van der Waals surface area contributed by atoms with Crippen LogP contribution < -0.4 is 15.0 Å². The lowest BCUT2D eigenvalue weighted by atomic mass is 10.2. The molecule has 1 N–H and O–H groups in total. The number of benzene rings is 2. The minimum absolute atomic E-state index is 0.0499. The number of hydrogen-bond acceptors (Lipinski definition) is 7. The van der Waals surface area contributed by atoms with E-state index in [-0.39, 0.29) is 29.6 Å². The van der Waals surface area contributed by atoms with Crippen molar-refractivity contribution in [3.63, 3.8) is 0 Å². The van der Waals surface area contributed by atoms with E-state index in [1.807, 2.05) is 6.07 Å². The van der Waals surface area contributed by atoms with Crippen LogP contribution in [0.4, 0.5) is 11.4 Å². The predicted molar refractivity (Wildman–Crippen MR) is 135 cm³/mol. The first-order valence-corrected chi connectivity index (χ1v) is 13.1. The summed E-state index contributed by atoms with van der Waals surface area (Å²) in [5.41, 5.74) is 2.01. The molecule has 2 heterocycles. The van der Waals surface area contributed by atoms with E-state index in [0.29, 0.717) is 55.8 Å². The highest BCUT2D eigenvalue weighted by Crippen LogP contribution is 2.31. The van der Waals surface area contributed by atoms with Crippen molar-refractivity contribution in [3.05, 3.63) is 53.1 Å². The van der Waals surface area contributed by atoms with Gasteiger partial charge in [0.2, 0.25) is 15.9 Å². The summed E-state index contributed by atoms with van der Waals surface area (Å²) in [6, 6.07) is 10.1. The number of nitrogens with zero attached hydrogens (tertiary/aromatic N) is 2. The molecule has 35 heavy (non-hydrogen) atoms. The minimum atomic E-state index is -3.77. The van der Waals surface area contributed by atoms with Crippen molar-refractivity contribution in [1.82, 2.24) is 4.31 Å². The predicted octanol–water partition coefficient (Wildman–Crippen LogP) is 2.86. The average Bonchev–Trinajstić information content (AvgIpc) is 2.88. The molecule has 0 aromatic heterocycles. The van der Waals surface area contributed by atoms with E-state index in [9.17, 15) is 13.2 Å². The lowest BCUT2D eigenvalue weighted by Gasteiger charge is -2.30. The summed E-state index contributed by atoms with van der Waals surface area (Å²) in [6.45, 7) is 3.90. The third-order valence-corrected chi connectivity index (χ3v) is 7.93. The topological polar surface area (TPSA) is 97.4 Å². The smallest absolute Gasteiger partial charge is 0.248 e. The minimum Gasteiger partial charge on any atom is -0.495 e. The van der Waals surface area contributed by atoms with Gasteiger partial charge in [0.15, 0.2) is 0 Å². The summed E-state index contributed by atoms with van der Waals surface area (Å²) in [5, 5.41) is 3.39. The number of halogens is 1. The number of rotatable bonds is 7. The van der Waals surface area contributed by atoms with Crippen LogP contribution in [0.2, 0.25) is 5.02 Å². The quantitative estimate of drug-likeness (QED) is 0.559. The van der Waals surface area contributed by atoms with E-state index in [1.165, 1.54) is 23.6 Å². The van der Waals surface area contributed by atoms with Crippen LogP contribution in [-0.2, 0) is 24.3 Å². The number of hydrogen-bond donors (Lipinski definition) is 1. The lowest BCUT2D eigenvalue weighted by molar-refractivity contribution is -0.111. The number of carbonyl (C=O) groups excluding carboxylic acids is 1. The van der Waals surface area contributed by atoms with Gasteiger partial charge in [-0.3, -0.25) is 4.79 Å². The molecule has 0 saturated carbocycles. The van der Waals surface area contributed by atoms with Crippen LogP contribution >= 0.6 is 11.6 Å². The van der Waals surface area contributed by atoms with E-state index >= 15 is 0 Å². The molecule has 0 radical (unpaired) electrons. The summed E-state index contributed by atoms with van der Waals surface area (Å²) >= 11 is 6.17. The Hall–Kier alpha value is -2.63. The van der Waals surface area contributed by atoms with Gasteiger partial charge in [0.05, 0.1) is 44.9 Å². The highest BCUT2D eigenvalue weighted by Gasteiger charge is 2.29. The number of nitrogens with one attached hydrogen (secondary N) is 1. The lowest BCUT2D eigenvalue weighted by Crippen LogP contribution is -2.40. The number of sulfonamides is 1. The molecular weight excluding hydrogens is 494 g/mol. The SMILES string of the molecule is COc1ccc(/C=C/C(=O)Nc2cc(Cl)ccc2N2CCOCC2)cc1S(=O)(=O)N1CCOCC1. The molecule has 2 saturated heterocycles. The van der Waals surface area contributed by atoms with Crippen LogP contribution in [0, 0.1) is 0 Å². The Bertz CT molecular complexity index is 1190. The molecule has 2 aromatic carbocycles. The first kappa shape index (κ1) is 25.5. The third-order valence-electron chi connectivity index (χ3n) is 5.77. The van der Waals surface area contributed by atoms with Crippen molar-refractivity contribution in [2.75, 3.05) is 69.9 Å². The normalized spacial score (nSPS) is 17.5. The summed E-state index contributed by atoms with van der Waals surface area (Å²) in [6.07, 6.45) is 2.92. The summed E-state index contributed by atoms with van der Waals surface area (Å²) in [5.74, 6) is -0.123. The number of anilines is 2. The van der Waals surface area contributed by atoms with Gasteiger partial charge in [-0.25, -0.2) is 8.42 Å². The van der Waals surface area contributed by atoms with Gasteiger partial charge in [-0.2, -0.15) is 4.31 Å². The molecule has 2 aromatic rings. The number of methoxy groups -OCH3 is 1. The number of ether oxygens (including phenoxy) is 3. The molecule has 0 unspecified atom stereocenters. The van der Waals surface area contributed by atoms with Crippen LogP contribution in [-0.4, -0.2) is 78.3 Å². The fourth-order valence-electron chi connectivity index (χ4n) is 3.96. The second kappa shape index (κ2) is 11.4. The first-order chi connectivity index (χ1) is 16.9. The number of amides is 1. The fraction of sp³-hybridized carbons (Fsp3) is 0.375. The van der Waals surface area contributed by atoms with Crippen molar-refractivity contribution in [2.45, 2.75) is 4.90 Å². The zero-order chi connectivity index (χ0) is 24.8. The molecule has 11 heteroatoms. The Morgan fingerprint density at radius 2 is 1.71 bits per heavy atom. The van der Waals surface area contributed by atoms with Gasteiger partial charge in [0, 0.05) is 37.3 Å². The second-order valence-electron chi connectivity index (χ2n) is 8.01. The zero-order valence-corrected chi connectivity index (χ0v) is 21.0. The van der Waals surface area contributed by atoms with Crippen LogP contribution in [0.15, 0.2) is 47.4 Å². The van der Waals surface area contributed by atoms with Crippen LogP contribution in [0.3, 0.4) is 0 Å². The van der Waals surface area contributed by atoms with Gasteiger partial charge in [-0.1, -0.05) is 17.7 Å². The molecule has 2 aliphatic rings. The highest BCUT2D eigenvalue weighted by molar-refractivity contribution is 7.89. The molecule has 0 aliphatic carbocycles. The van der Waals surface area contributed by atoms with Crippen LogP contribution in [0.25, 0.3) is 6.08 Å². The Morgan fingerprint density at radius 1 is 1.03 bits per heavy atom. The van der Waals surface area contributed by atoms with E-state index in [0.717, 1.165) is 5.69 Å². The molecule has 4 rings (SSSR count). The molecule has 0 bridgehead atoms. The van der Waals surface area contributed by atoms with Gasteiger partial charge in [0.1, 0.15) is 10.6 Å². The molecule has 1 amide bonds. The monoisotopic (exact) mass is 521 g/mol. The standard InChI is InChI=1S/C24H28ClN3O6S/c1-32-22-6-2-18(16-23(22)35(30,31)28-10-14-34-15-11-28)3-7-24(29)26-20-17-19(25)4-5-21(20)27-8-12-33-13-9-27/h2-7,16-17H,8-15H2,1H3,(H,26,29)/b7-3+. The Morgan fingerprint density at radius 3 is 2.40 bits per heavy atom. The van der Waals surface area contributed by atoms with Crippen molar-refractivity contribution >= 4 is 45.0 Å². The van der Waals surface area contributed by atoms with Crippen molar-refractivity contribution in [1.29, 1.82) is 0 Å². The molecule has 0 atom stereocenters. The first-order valence-electron chi connectivity index (χ1n) is 11.3. The molecule has 188 valence electrons. The summed E-state index contributed by atoms with van der Waals surface area (Å²) in [7, 11) is -2.35. The molecule has 2 fully saturated rings. The van der Waals surface area contributed by atoms with E-state index in [4.69, 9.17) is 25.8 Å². The highest BCUT2D eigenvalue weighted by atomic mass is 35.5. The molecular formula is C24H28ClN3O6S. The van der Waals surface area contributed by atoms with Gasteiger partial charge in [-0.05, 0) is 42.0 Å². The molecule has 0 spiro atoms. The van der Waals surface area contributed by atoms with Crippen molar-refractivity contribution < 1.29 is 27.4 Å². The van der Waals surface area contributed by atoms with Crippen molar-refractivity contribution in [3.8, 4) is 5.75 Å². The van der Waals surface area contributed by atoms with E-state index < -0.39 is 10.0 Å². The van der Waals surface area contributed by atoms with E-state index in [1.54, 1.807) is 30.3 Å². The Kier molecular flexibility index (Phi) is 8.30. The maximum Gasteiger partial charge on any atom is 0.248 e. The number of morpholine rings is 2. The summed E-state index contributed by atoms with van der Waals surface area (Å²) in [4.78, 5) is 14.9. The van der Waals surface area contributed by atoms with E-state index in [2.05, 4.69) is 10.2 Å². The fourth-order valence-corrected chi connectivity index (χ4v) is 5.73. The average molecular weight is 522 g/mol. The van der Waals surface area contributed by atoms with Crippen LogP contribution in [0.5, 0.6) is 5.75 Å². The largest absolute Gasteiger partial charge is 0.495 e. The maximum absolute atomic E-state index is 13.2. The second-order valence-corrected chi connectivity index (χ2v) is 10.4. The van der Waals surface area contributed by atoms with Gasteiger partial charge in [0.25, 0.3) is 0 Å². The molecule has 2 aliphatic heterocycles. The van der Waals surface area contributed by atoms with Crippen LogP contribution in [0.1, 0.15) is 5.56 Å².